The topological polar surface area (TPSA) is 29.5 Å². The summed E-state index contributed by atoms with van der Waals surface area (Å²) < 4.78 is 5.34. The summed E-state index contributed by atoms with van der Waals surface area (Å²) in [6, 6.07) is 6.18. The minimum atomic E-state index is -0.626. The van der Waals surface area contributed by atoms with Crippen LogP contribution < -0.4 is 4.74 Å². The Morgan fingerprint density at radius 2 is 1.94 bits per heavy atom. The Morgan fingerprint density at radius 3 is 2.41 bits per heavy atom. The minimum absolute atomic E-state index is 0.262. The van der Waals surface area contributed by atoms with Crippen molar-refractivity contribution in [3.05, 3.63) is 29.3 Å². The molecule has 1 aromatic rings. The number of benzene rings is 1. The lowest BCUT2D eigenvalue weighted by Crippen LogP contribution is -2.12. The number of rotatable bonds is 3. The summed E-state index contributed by atoms with van der Waals surface area (Å²) in [7, 11) is 1.66. The second-order valence-corrected chi connectivity index (χ2v) is 6.30. The lowest BCUT2D eigenvalue weighted by atomic mass is 9.87. The van der Waals surface area contributed by atoms with E-state index in [4.69, 9.17) is 4.74 Å². The lowest BCUT2D eigenvalue weighted by molar-refractivity contribution is 0.147. The van der Waals surface area contributed by atoms with E-state index in [2.05, 4.69) is 32.9 Å². The molecule has 1 fully saturated rings. The molecule has 0 aromatic heterocycles. The van der Waals surface area contributed by atoms with E-state index in [1.807, 2.05) is 6.07 Å². The zero-order valence-corrected chi connectivity index (χ0v) is 11.2. The fraction of sp³-hybridized carbons (Fsp3) is 0.600. The fourth-order valence-corrected chi connectivity index (χ4v) is 2.23. The van der Waals surface area contributed by atoms with Crippen molar-refractivity contribution in [2.24, 2.45) is 5.41 Å². The molecule has 1 aliphatic carbocycles. The first kappa shape index (κ1) is 12.4. The van der Waals surface area contributed by atoms with Gasteiger partial charge in [0.25, 0.3) is 0 Å². The Labute approximate surface area is 104 Å². The van der Waals surface area contributed by atoms with Crippen molar-refractivity contribution in [2.75, 3.05) is 7.11 Å². The van der Waals surface area contributed by atoms with Crippen LogP contribution in [0.25, 0.3) is 0 Å². The summed E-state index contributed by atoms with van der Waals surface area (Å²) in [4.78, 5) is 0. The van der Waals surface area contributed by atoms with Crippen LogP contribution in [0, 0.1) is 5.41 Å². The average Bonchev–Trinajstić information content (AvgIpc) is 2.95. The highest BCUT2D eigenvalue weighted by atomic mass is 16.5. The summed E-state index contributed by atoms with van der Waals surface area (Å²) in [6.07, 6.45) is 2.71. The molecule has 1 N–H and O–H groups in total. The van der Waals surface area contributed by atoms with Gasteiger partial charge in [0.05, 0.1) is 12.7 Å². The van der Waals surface area contributed by atoms with Crippen LogP contribution in [0.15, 0.2) is 18.2 Å². The van der Waals surface area contributed by atoms with Gasteiger partial charge < -0.3 is 9.84 Å². The summed E-state index contributed by atoms with van der Waals surface area (Å²) in [5.74, 6) is 0.808. The summed E-state index contributed by atoms with van der Waals surface area (Å²) >= 11 is 0. The van der Waals surface area contributed by atoms with E-state index in [1.165, 1.54) is 5.56 Å². The molecular formula is C15H22O2. The molecule has 94 valence electrons. The Morgan fingerprint density at radius 1 is 1.29 bits per heavy atom. The highest BCUT2D eigenvalue weighted by Crippen LogP contribution is 2.49. The van der Waals surface area contributed by atoms with Gasteiger partial charge in [0, 0.05) is 5.56 Å². The van der Waals surface area contributed by atoms with E-state index in [0.29, 0.717) is 0 Å². The molecule has 1 aliphatic rings. The Kier molecular flexibility index (Phi) is 2.94. The van der Waals surface area contributed by atoms with Gasteiger partial charge in [-0.2, -0.15) is 0 Å². The molecule has 0 heterocycles. The van der Waals surface area contributed by atoms with Crippen molar-refractivity contribution >= 4 is 0 Å². The molecule has 0 atom stereocenters. The predicted octanol–water partition coefficient (Wildman–Crippen LogP) is 3.27. The van der Waals surface area contributed by atoms with E-state index in [0.717, 1.165) is 30.6 Å². The molecule has 17 heavy (non-hydrogen) atoms. The minimum Gasteiger partial charge on any atom is -0.496 e. The SMILES string of the molecule is COc1ccc(CC(C)(C)C)cc1C1(O)CC1. The Bertz CT molecular complexity index is 411. The molecule has 1 aromatic carbocycles. The van der Waals surface area contributed by atoms with Gasteiger partial charge in [0.1, 0.15) is 5.75 Å². The van der Waals surface area contributed by atoms with Crippen molar-refractivity contribution in [3.8, 4) is 5.75 Å². The second kappa shape index (κ2) is 4.02. The normalized spacial score (nSPS) is 17.9. The number of hydrogen-bond donors (Lipinski definition) is 1. The van der Waals surface area contributed by atoms with Gasteiger partial charge in [0.15, 0.2) is 0 Å². The summed E-state index contributed by atoms with van der Waals surface area (Å²) in [5, 5.41) is 10.3. The Hall–Kier alpha value is -1.02. The van der Waals surface area contributed by atoms with E-state index in [-0.39, 0.29) is 5.41 Å². The molecule has 0 bridgehead atoms. The maximum atomic E-state index is 10.3. The molecule has 0 spiro atoms. The molecule has 0 saturated heterocycles. The third kappa shape index (κ3) is 2.81. The maximum absolute atomic E-state index is 10.3. The third-order valence-corrected chi connectivity index (χ3v) is 3.22. The molecule has 0 aliphatic heterocycles. The van der Waals surface area contributed by atoms with E-state index in [1.54, 1.807) is 7.11 Å². The summed E-state index contributed by atoms with van der Waals surface area (Å²) in [5.41, 5.74) is 1.87. The van der Waals surface area contributed by atoms with Crippen LogP contribution in [-0.2, 0) is 12.0 Å². The van der Waals surface area contributed by atoms with Crippen molar-refractivity contribution < 1.29 is 9.84 Å². The standard InChI is InChI=1S/C15H22O2/c1-14(2,3)10-11-5-6-13(17-4)12(9-11)15(16)7-8-15/h5-6,9,16H,7-8,10H2,1-4H3. The van der Waals surface area contributed by atoms with Crippen LogP contribution in [0.3, 0.4) is 0 Å². The number of methoxy groups -OCH3 is 1. The van der Waals surface area contributed by atoms with Crippen molar-refractivity contribution in [3.63, 3.8) is 0 Å². The van der Waals surface area contributed by atoms with Gasteiger partial charge in [-0.25, -0.2) is 0 Å². The molecule has 1 saturated carbocycles. The fourth-order valence-electron chi connectivity index (χ4n) is 2.23. The van der Waals surface area contributed by atoms with Gasteiger partial charge in [-0.3, -0.25) is 0 Å². The third-order valence-electron chi connectivity index (χ3n) is 3.22. The monoisotopic (exact) mass is 234 g/mol. The second-order valence-electron chi connectivity index (χ2n) is 6.30. The van der Waals surface area contributed by atoms with Gasteiger partial charge in [-0.15, -0.1) is 0 Å². The zero-order chi connectivity index (χ0) is 12.7. The van der Waals surface area contributed by atoms with Crippen LogP contribution in [0.5, 0.6) is 5.75 Å². The highest BCUT2D eigenvalue weighted by molar-refractivity contribution is 5.43. The number of hydrogen-bond acceptors (Lipinski definition) is 2. The van der Waals surface area contributed by atoms with Crippen LogP contribution >= 0.6 is 0 Å². The molecular weight excluding hydrogens is 212 g/mol. The highest BCUT2D eigenvalue weighted by Gasteiger charge is 2.44. The molecule has 0 radical (unpaired) electrons. The smallest absolute Gasteiger partial charge is 0.124 e. The first-order valence-electron chi connectivity index (χ1n) is 6.24. The first-order valence-corrected chi connectivity index (χ1v) is 6.24. The van der Waals surface area contributed by atoms with Crippen molar-refractivity contribution in [1.82, 2.24) is 0 Å². The van der Waals surface area contributed by atoms with Gasteiger partial charge >= 0.3 is 0 Å². The predicted molar refractivity (Wildman–Crippen MR) is 69.3 cm³/mol. The lowest BCUT2D eigenvalue weighted by Gasteiger charge is -2.20. The first-order chi connectivity index (χ1) is 7.84. The van der Waals surface area contributed by atoms with E-state index in [9.17, 15) is 5.11 Å². The molecule has 2 nitrogen and oxygen atoms in total. The van der Waals surface area contributed by atoms with E-state index >= 15 is 0 Å². The van der Waals surface area contributed by atoms with Crippen LogP contribution in [0.1, 0.15) is 44.7 Å². The largest absolute Gasteiger partial charge is 0.496 e. The molecule has 2 rings (SSSR count). The van der Waals surface area contributed by atoms with Crippen LogP contribution in [0.4, 0.5) is 0 Å². The van der Waals surface area contributed by atoms with Crippen molar-refractivity contribution in [1.29, 1.82) is 0 Å². The zero-order valence-electron chi connectivity index (χ0n) is 11.2. The molecule has 0 unspecified atom stereocenters. The number of aliphatic hydroxyl groups is 1. The maximum Gasteiger partial charge on any atom is 0.124 e. The number of ether oxygens (including phenoxy) is 1. The average molecular weight is 234 g/mol. The van der Waals surface area contributed by atoms with Gasteiger partial charge in [0.2, 0.25) is 0 Å². The van der Waals surface area contributed by atoms with E-state index < -0.39 is 5.60 Å². The molecule has 0 amide bonds. The van der Waals surface area contributed by atoms with Gasteiger partial charge in [-0.05, 0) is 42.4 Å². The van der Waals surface area contributed by atoms with Crippen molar-refractivity contribution in [2.45, 2.75) is 45.6 Å². The Balaban J connectivity index is 2.32. The van der Waals surface area contributed by atoms with Crippen LogP contribution in [-0.4, -0.2) is 12.2 Å². The quantitative estimate of drug-likeness (QED) is 0.869. The van der Waals surface area contributed by atoms with Gasteiger partial charge in [-0.1, -0.05) is 26.8 Å². The van der Waals surface area contributed by atoms with Crippen LogP contribution in [0.2, 0.25) is 0 Å². The molecule has 2 heteroatoms. The summed E-state index contributed by atoms with van der Waals surface area (Å²) in [6.45, 7) is 6.67.